The molecule has 2 aromatic heterocycles. The molecule has 14 heavy (non-hydrogen) atoms. The van der Waals surface area contributed by atoms with Gasteiger partial charge in [0, 0.05) is 0 Å². The lowest BCUT2D eigenvalue weighted by atomic mass is 10.4. The first-order valence-corrected chi connectivity index (χ1v) is 4.38. The lowest BCUT2D eigenvalue weighted by Gasteiger charge is -1.93. The van der Waals surface area contributed by atoms with Gasteiger partial charge < -0.3 is 5.73 Å². The first-order chi connectivity index (χ1) is 6.81. The van der Waals surface area contributed by atoms with Crippen molar-refractivity contribution in [3.8, 4) is 11.8 Å². The number of aromatic nitrogens is 3. The topological polar surface area (TPSA) is 56.2 Å². The van der Waals surface area contributed by atoms with E-state index in [-0.39, 0.29) is 0 Å². The zero-order valence-electron chi connectivity index (χ0n) is 7.24. The number of halogens is 1. The van der Waals surface area contributed by atoms with Crippen molar-refractivity contribution in [3.05, 3.63) is 29.2 Å². The Morgan fingerprint density at radius 1 is 1.50 bits per heavy atom. The number of imidazole rings is 1. The minimum absolute atomic E-state index is 0.313. The number of hydrogen-bond donors (Lipinski definition) is 1. The third kappa shape index (κ3) is 1.55. The van der Waals surface area contributed by atoms with Crippen molar-refractivity contribution in [3.63, 3.8) is 0 Å². The van der Waals surface area contributed by atoms with E-state index in [1.165, 1.54) is 0 Å². The van der Waals surface area contributed by atoms with E-state index in [1.807, 2.05) is 0 Å². The summed E-state index contributed by atoms with van der Waals surface area (Å²) in [5, 5.41) is 4.47. The average molecular weight is 207 g/mol. The molecule has 0 amide bonds. The molecule has 0 unspecified atom stereocenters. The first kappa shape index (κ1) is 9.00. The third-order valence-electron chi connectivity index (χ3n) is 1.65. The lowest BCUT2D eigenvalue weighted by molar-refractivity contribution is 0.924. The molecule has 0 aliphatic rings. The molecule has 2 N–H and O–H groups in total. The van der Waals surface area contributed by atoms with E-state index in [4.69, 9.17) is 17.3 Å². The van der Waals surface area contributed by atoms with Crippen molar-refractivity contribution in [2.45, 2.75) is 0 Å². The number of fused-ring (bicyclic) bond motifs is 1. The smallest absolute Gasteiger partial charge is 0.155 e. The van der Waals surface area contributed by atoms with Crippen LogP contribution in [0, 0.1) is 11.8 Å². The van der Waals surface area contributed by atoms with Crippen molar-refractivity contribution in [2.75, 3.05) is 6.54 Å². The Kier molecular flexibility index (Phi) is 2.35. The molecule has 0 fully saturated rings. The summed E-state index contributed by atoms with van der Waals surface area (Å²) in [5.41, 5.74) is 6.68. The van der Waals surface area contributed by atoms with Crippen LogP contribution in [0.3, 0.4) is 0 Å². The molecular formula is C9H7ClN4. The van der Waals surface area contributed by atoms with Gasteiger partial charge in [-0.3, -0.25) is 0 Å². The van der Waals surface area contributed by atoms with Crippen LogP contribution in [0.25, 0.3) is 5.65 Å². The molecule has 2 rings (SSSR count). The molecule has 0 radical (unpaired) electrons. The summed E-state index contributed by atoms with van der Waals surface area (Å²) in [6, 6.07) is 3.47. The maximum atomic E-state index is 5.75. The Labute approximate surface area is 85.7 Å². The van der Waals surface area contributed by atoms with Gasteiger partial charge in [-0.1, -0.05) is 17.5 Å². The van der Waals surface area contributed by atoms with Gasteiger partial charge in [0.05, 0.1) is 12.7 Å². The minimum Gasteiger partial charge on any atom is -0.320 e. The summed E-state index contributed by atoms with van der Waals surface area (Å²) < 4.78 is 1.59. The molecule has 70 valence electrons. The predicted molar refractivity (Wildman–Crippen MR) is 53.9 cm³/mol. The van der Waals surface area contributed by atoms with Gasteiger partial charge in [0.15, 0.2) is 5.65 Å². The molecule has 0 atom stereocenters. The van der Waals surface area contributed by atoms with E-state index in [1.54, 1.807) is 22.8 Å². The van der Waals surface area contributed by atoms with Crippen LogP contribution < -0.4 is 5.73 Å². The van der Waals surface area contributed by atoms with Crippen LogP contribution in [0.5, 0.6) is 0 Å². The van der Waals surface area contributed by atoms with Crippen molar-refractivity contribution in [1.29, 1.82) is 0 Å². The molecule has 4 nitrogen and oxygen atoms in total. The number of hydrogen-bond acceptors (Lipinski definition) is 3. The zero-order valence-corrected chi connectivity index (χ0v) is 7.99. The highest BCUT2D eigenvalue weighted by Gasteiger charge is 2.01. The van der Waals surface area contributed by atoms with Crippen molar-refractivity contribution in [1.82, 2.24) is 14.6 Å². The summed E-state index contributed by atoms with van der Waals surface area (Å²) in [4.78, 5) is 4.11. The fourth-order valence-electron chi connectivity index (χ4n) is 1.08. The van der Waals surface area contributed by atoms with Gasteiger partial charge >= 0.3 is 0 Å². The van der Waals surface area contributed by atoms with Crippen LogP contribution in [-0.4, -0.2) is 21.1 Å². The summed E-state index contributed by atoms with van der Waals surface area (Å²) in [6.07, 6.45) is 1.64. The molecule has 0 aliphatic carbocycles. The number of nitrogens with zero attached hydrogens (tertiary/aromatic N) is 3. The van der Waals surface area contributed by atoms with Crippen LogP contribution in [0.2, 0.25) is 5.15 Å². The summed E-state index contributed by atoms with van der Waals surface area (Å²) in [5.74, 6) is 5.59. The van der Waals surface area contributed by atoms with Gasteiger partial charge in [0.25, 0.3) is 0 Å². The highest BCUT2D eigenvalue weighted by Crippen LogP contribution is 2.08. The van der Waals surface area contributed by atoms with E-state index >= 15 is 0 Å². The second-order valence-electron chi connectivity index (χ2n) is 2.58. The summed E-state index contributed by atoms with van der Waals surface area (Å²) in [7, 11) is 0. The van der Waals surface area contributed by atoms with Crippen LogP contribution in [0.4, 0.5) is 0 Å². The molecule has 0 aromatic carbocycles. The van der Waals surface area contributed by atoms with E-state index in [0.717, 1.165) is 5.65 Å². The number of nitrogens with two attached hydrogens (primary N) is 1. The molecule has 0 saturated carbocycles. The third-order valence-corrected chi connectivity index (χ3v) is 1.85. The largest absolute Gasteiger partial charge is 0.320 e. The SMILES string of the molecule is NCC#Cc1cnc2ccc(Cl)nn12. The van der Waals surface area contributed by atoms with Crippen molar-refractivity contribution >= 4 is 17.2 Å². The van der Waals surface area contributed by atoms with Gasteiger partial charge in [-0.05, 0) is 18.1 Å². The van der Waals surface area contributed by atoms with Crippen LogP contribution in [0.1, 0.15) is 5.69 Å². The van der Waals surface area contributed by atoms with Crippen molar-refractivity contribution < 1.29 is 0 Å². The molecule has 0 saturated heterocycles. The second-order valence-corrected chi connectivity index (χ2v) is 2.96. The van der Waals surface area contributed by atoms with Gasteiger partial charge in [0.2, 0.25) is 0 Å². The van der Waals surface area contributed by atoms with Crippen LogP contribution >= 0.6 is 11.6 Å². The van der Waals surface area contributed by atoms with Gasteiger partial charge in [-0.2, -0.15) is 5.10 Å². The molecular weight excluding hydrogens is 200 g/mol. The Morgan fingerprint density at radius 2 is 2.36 bits per heavy atom. The summed E-state index contributed by atoms with van der Waals surface area (Å²) in [6.45, 7) is 0.313. The van der Waals surface area contributed by atoms with Crippen molar-refractivity contribution in [2.24, 2.45) is 5.73 Å². The number of rotatable bonds is 0. The van der Waals surface area contributed by atoms with E-state index in [9.17, 15) is 0 Å². The highest BCUT2D eigenvalue weighted by molar-refractivity contribution is 6.29. The monoisotopic (exact) mass is 206 g/mol. The maximum Gasteiger partial charge on any atom is 0.155 e. The Hall–Kier alpha value is -1.57. The fourth-order valence-corrected chi connectivity index (χ4v) is 1.22. The standard InChI is InChI=1S/C9H7ClN4/c10-8-3-4-9-12-6-7(2-1-5-11)14(9)13-8/h3-4,6H,5,11H2. The molecule has 5 heteroatoms. The average Bonchev–Trinajstić information content (AvgIpc) is 2.57. The van der Waals surface area contributed by atoms with Gasteiger partial charge in [0.1, 0.15) is 10.8 Å². The quantitative estimate of drug-likeness (QED) is 0.646. The highest BCUT2D eigenvalue weighted by atomic mass is 35.5. The van der Waals surface area contributed by atoms with E-state index < -0.39 is 0 Å². The van der Waals surface area contributed by atoms with E-state index in [2.05, 4.69) is 21.9 Å². The normalized spacial score (nSPS) is 9.86. The second kappa shape index (κ2) is 3.66. The minimum atomic E-state index is 0.313. The molecule has 0 bridgehead atoms. The van der Waals surface area contributed by atoms with Crippen LogP contribution in [0.15, 0.2) is 18.3 Å². The molecule has 0 aliphatic heterocycles. The van der Waals surface area contributed by atoms with Gasteiger partial charge in [-0.25, -0.2) is 9.50 Å². The van der Waals surface area contributed by atoms with E-state index in [0.29, 0.717) is 17.4 Å². The van der Waals surface area contributed by atoms with Gasteiger partial charge in [-0.15, -0.1) is 0 Å². The Morgan fingerprint density at radius 3 is 3.14 bits per heavy atom. The molecule has 2 heterocycles. The lowest BCUT2D eigenvalue weighted by Crippen LogP contribution is -1.96. The molecule has 0 spiro atoms. The zero-order chi connectivity index (χ0) is 9.97. The maximum absolute atomic E-state index is 5.75. The predicted octanol–water partition coefficient (Wildman–Crippen LogP) is 0.693. The Balaban J connectivity index is 2.61. The Bertz CT molecular complexity index is 520. The fraction of sp³-hybridized carbons (Fsp3) is 0.111. The van der Waals surface area contributed by atoms with Crippen LogP contribution in [-0.2, 0) is 0 Å². The summed E-state index contributed by atoms with van der Waals surface area (Å²) >= 11 is 5.75. The first-order valence-electron chi connectivity index (χ1n) is 4.00. The molecule has 2 aromatic rings.